The molecule has 0 atom stereocenters. The molecule has 3 nitrogen and oxygen atoms in total. The van der Waals surface area contributed by atoms with Crippen molar-refractivity contribution in [1.82, 2.24) is 10.6 Å². The number of benzene rings is 1. The molecular weight excluding hydrogens is 361 g/mol. The maximum absolute atomic E-state index is 4.61. The minimum Gasteiger partial charge on any atom is -0.357 e. The lowest BCUT2D eigenvalue weighted by Gasteiger charge is -2.23. The lowest BCUT2D eigenvalue weighted by atomic mass is 10.1. The first-order valence-electron chi connectivity index (χ1n) is 7.11. The summed E-state index contributed by atoms with van der Waals surface area (Å²) in [6.07, 6.45) is 2.16. The Balaban J connectivity index is 0.00000361. The van der Waals surface area contributed by atoms with Gasteiger partial charge in [0.25, 0.3) is 0 Å². The summed E-state index contributed by atoms with van der Waals surface area (Å²) in [6.45, 7) is 10.3. The van der Waals surface area contributed by atoms with Crippen LogP contribution in [0.2, 0.25) is 0 Å². The molecule has 0 saturated heterocycles. The third kappa shape index (κ3) is 9.18. The molecule has 4 heteroatoms. The Morgan fingerprint density at radius 1 is 1.15 bits per heavy atom. The Hall–Kier alpha value is -0.780. The molecule has 0 aromatic heterocycles. The van der Waals surface area contributed by atoms with Crippen molar-refractivity contribution in [3.63, 3.8) is 0 Å². The molecule has 0 aliphatic heterocycles. The summed E-state index contributed by atoms with van der Waals surface area (Å²) >= 11 is 0. The average Bonchev–Trinajstić information content (AvgIpc) is 2.34. The van der Waals surface area contributed by atoms with Crippen LogP contribution in [0.15, 0.2) is 35.3 Å². The van der Waals surface area contributed by atoms with E-state index in [2.05, 4.69) is 73.7 Å². The first kappa shape index (κ1) is 19.2. The Morgan fingerprint density at radius 3 is 2.35 bits per heavy atom. The molecule has 0 aliphatic carbocycles. The van der Waals surface area contributed by atoms with Gasteiger partial charge in [0.15, 0.2) is 5.96 Å². The fourth-order valence-electron chi connectivity index (χ4n) is 1.78. The van der Waals surface area contributed by atoms with Gasteiger partial charge < -0.3 is 10.6 Å². The van der Waals surface area contributed by atoms with E-state index in [0.29, 0.717) is 0 Å². The Labute approximate surface area is 140 Å². The van der Waals surface area contributed by atoms with Crippen LogP contribution in [0.1, 0.15) is 39.7 Å². The zero-order valence-electron chi connectivity index (χ0n) is 13.1. The SMILES string of the molecule is CCNC(=NCCCc1ccccc1)NC(C)(C)C.I. The van der Waals surface area contributed by atoms with Gasteiger partial charge in [0, 0.05) is 18.6 Å². The largest absolute Gasteiger partial charge is 0.357 e. The molecule has 0 aliphatic rings. The minimum atomic E-state index is 0. The van der Waals surface area contributed by atoms with E-state index in [1.165, 1.54) is 5.56 Å². The van der Waals surface area contributed by atoms with Crippen LogP contribution in [0.4, 0.5) is 0 Å². The van der Waals surface area contributed by atoms with Crippen LogP contribution in [0.25, 0.3) is 0 Å². The molecule has 20 heavy (non-hydrogen) atoms. The summed E-state index contributed by atoms with van der Waals surface area (Å²) < 4.78 is 0. The van der Waals surface area contributed by atoms with Gasteiger partial charge >= 0.3 is 0 Å². The first-order valence-corrected chi connectivity index (χ1v) is 7.11. The second kappa shape index (κ2) is 10.0. The summed E-state index contributed by atoms with van der Waals surface area (Å²) in [5.41, 5.74) is 1.42. The summed E-state index contributed by atoms with van der Waals surface area (Å²) in [5.74, 6) is 0.906. The van der Waals surface area contributed by atoms with E-state index in [4.69, 9.17) is 0 Å². The monoisotopic (exact) mass is 389 g/mol. The predicted octanol–water partition coefficient (Wildman–Crippen LogP) is 3.59. The highest BCUT2D eigenvalue weighted by Crippen LogP contribution is 2.02. The molecule has 0 unspecified atom stereocenters. The normalized spacial score (nSPS) is 11.7. The minimum absolute atomic E-state index is 0. The second-order valence-corrected chi connectivity index (χ2v) is 5.72. The van der Waals surface area contributed by atoms with Crippen molar-refractivity contribution >= 4 is 29.9 Å². The van der Waals surface area contributed by atoms with Crippen molar-refractivity contribution in [3.8, 4) is 0 Å². The number of rotatable bonds is 5. The van der Waals surface area contributed by atoms with E-state index in [-0.39, 0.29) is 29.5 Å². The van der Waals surface area contributed by atoms with Crippen molar-refractivity contribution in [3.05, 3.63) is 35.9 Å². The maximum atomic E-state index is 4.61. The van der Waals surface area contributed by atoms with E-state index in [1.54, 1.807) is 0 Å². The number of nitrogens with zero attached hydrogens (tertiary/aromatic N) is 1. The highest BCUT2D eigenvalue weighted by atomic mass is 127. The van der Waals surface area contributed by atoms with Crippen LogP contribution in [-0.2, 0) is 6.42 Å². The summed E-state index contributed by atoms with van der Waals surface area (Å²) in [5, 5.41) is 6.67. The van der Waals surface area contributed by atoms with Gasteiger partial charge in [-0.1, -0.05) is 30.3 Å². The summed E-state index contributed by atoms with van der Waals surface area (Å²) in [4.78, 5) is 4.61. The van der Waals surface area contributed by atoms with Crippen LogP contribution in [0.3, 0.4) is 0 Å². The number of aryl methyl sites for hydroxylation is 1. The zero-order chi connectivity index (χ0) is 14.1. The van der Waals surface area contributed by atoms with E-state index in [1.807, 2.05) is 0 Å². The number of halogens is 1. The highest BCUT2D eigenvalue weighted by molar-refractivity contribution is 14.0. The molecule has 114 valence electrons. The van der Waals surface area contributed by atoms with Gasteiger partial charge in [0.1, 0.15) is 0 Å². The van der Waals surface area contributed by atoms with Gasteiger partial charge in [-0.3, -0.25) is 4.99 Å². The van der Waals surface area contributed by atoms with E-state index < -0.39 is 0 Å². The maximum Gasteiger partial charge on any atom is 0.191 e. The van der Waals surface area contributed by atoms with Crippen molar-refractivity contribution in [2.24, 2.45) is 4.99 Å². The summed E-state index contributed by atoms with van der Waals surface area (Å²) in [7, 11) is 0. The van der Waals surface area contributed by atoms with Crippen molar-refractivity contribution in [2.45, 2.75) is 46.1 Å². The molecule has 0 saturated carbocycles. The van der Waals surface area contributed by atoms with E-state index in [9.17, 15) is 0 Å². The van der Waals surface area contributed by atoms with Gasteiger partial charge in [-0.15, -0.1) is 24.0 Å². The van der Waals surface area contributed by atoms with E-state index in [0.717, 1.165) is 31.9 Å². The Kier molecular flexibility index (Phi) is 9.63. The molecule has 0 fully saturated rings. The number of nitrogens with one attached hydrogen (secondary N) is 2. The molecule has 0 spiro atoms. The lowest BCUT2D eigenvalue weighted by molar-refractivity contribution is 0.501. The van der Waals surface area contributed by atoms with Crippen LogP contribution in [0, 0.1) is 0 Å². The van der Waals surface area contributed by atoms with E-state index >= 15 is 0 Å². The van der Waals surface area contributed by atoms with Crippen molar-refractivity contribution in [1.29, 1.82) is 0 Å². The van der Waals surface area contributed by atoms with Crippen LogP contribution in [-0.4, -0.2) is 24.6 Å². The fourth-order valence-corrected chi connectivity index (χ4v) is 1.78. The number of hydrogen-bond donors (Lipinski definition) is 2. The number of aliphatic imine (C=N–C) groups is 1. The number of hydrogen-bond acceptors (Lipinski definition) is 1. The molecule has 0 radical (unpaired) electrons. The molecule has 1 rings (SSSR count). The molecule has 0 amide bonds. The smallest absolute Gasteiger partial charge is 0.191 e. The molecule has 1 aromatic carbocycles. The van der Waals surface area contributed by atoms with Gasteiger partial charge in [-0.2, -0.15) is 0 Å². The molecule has 0 bridgehead atoms. The zero-order valence-corrected chi connectivity index (χ0v) is 15.4. The second-order valence-electron chi connectivity index (χ2n) is 5.72. The molecule has 2 N–H and O–H groups in total. The average molecular weight is 389 g/mol. The predicted molar refractivity (Wildman–Crippen MR) is 99.0 cm³/mol. The van der Waals surface area contributed by atoms with Gasteiger partial charge in [0.05, 0.1) is 0 Å². The third-order valence-electron chi connectivity index (χ3n) is 2.57. The van der Waals surface area contributed by atoms with Crippen LogP contribution in [0.5, 0.6) is 0 Å². The molecule has 1 aromatic rings. The van der Waals surface area contributed by atoms with Crippen molar-refractivity contribution in [2.75, 3.05) is 13.1 Å². The topological polar surface area (TPSA) is 36.4 Å². The quantitative estimate of drug-likeness (QED) is 0.350. The number of guanidine groups is 1. The van der Waals surface area contributed by atoms with Gasteiger partial charge in [-0.25, -0.2) is 0 Å². The molecular formula is C16H28IN3. The Bertz CT molecular complexity index is 382. The van der Waals surface area contributed by atoms with Gasteiger partial charge in [0.2, 0.25) is 0 Å². The first-order chi connectivity index (χ1) is 9.01. The van der Waals surface area contributed by atoms with Crippen LogP contribution >= 0.6 is 24.0 Å². The standard InChI is InChI=1S/C16H27N3.HI/c1-5-17-15(19-16(2,3)4)18-13-9-12-14-10-7-6-8-11-14;/h6-8,10-11H,5,9,12-13H2,1-4H3,(H2,17,18,19);1H. The highest BCUT2D eigenvalue weighted by Gasteiger charge is 2.11. The van der Waals surface area contributed by atoms with Gasteiger partial charge in [-0.05, 0) is 46.1 Å². The summed E-state index contributed by atoms with van der Waals surface area (Å²) in [6, 6.07) is 10.6. The molecule has 0 heterocycles. The Morgan fingerprint density at radius 2 is 1.80 bits per heavy atom. The fraction of sp³-hybridized carbons (Fsp3) is 0.562. The van der Waals surface area contributed by atoms with Crippen LogP contribution < -0.4 is 10.6 Å². The third-order valence-corrected chi connectivity index (χ3v) is 2.57. The lowest BCUT2D eigenvalue weighted by Crippen LogP contribution is -2.47. The van der Waals surface area contributed by atoms with Crippen molar-refractivity contribution < 1.29 is 0 Å².